The summed E-state index contributed by atoms with van der Waals surface area (Å²) in [5, 5.41) is 12.0. The van der Waals surface area contributed by atoms with E-state index in [9.17, 15) is 9.90 Å². The van der Waals surface area contributed by atoms with Crippen molar-refractivity contribution in [2.75, 3.05) is 5.32 Å². The molecule has 0 aliphatic rings. The van der Waals surface area contributed by atoms with Crippen molar-refractivity contribution in [2.45, 2.75) is 20.0 Å². The smallest absolute Gasteiger partial charge is 0.255 e. The molecule has 1 amide bonds. The number of hydrogen-bond acceptors (Lipinski definition) is 3. The summed E-state index contributed by atoms with van der Waals surface area (Å²) >= 11 is 0. The molecule has 20 heavy (non-hydrogen) atoms. The molecule has 0 atom stereocenters. The van der Waals surface area contributed by atoms with E-state index in [1.165, 1.54) is 12.1 Å². The first-order valence-electron chi connectivity index (χ1n) is 6.42. The van der Waals surface area contributed by atoms with Gasteiger partial charge in [0.05, 0.1) is 11.8 Å². The number of anilines is 1. The van der Waals surface area contributed by atoms with Crippen molar-refractivity contribution < 1.29 is 14.6 Å². The molecule has 4 heteroatoms. The first-order valence-corrected chi connectivity index (χ1v) is 6.42. The zero-order valence-electron chi connectivity index (χ0n) is 11.5. The fourth-order valence-electron chi connectivity index (χ4n) is 1.73. The summed E-state index contributed by atoms with van der Waals surface area (Å²) in [7, 11) is 0. The van der Waals surface area contributed by atoms with Crippen molar-refractivity contribution in [1.82, 2.24) is 0 Å². The molecule has 0 heterocycles. The van der Waals surface area contributed by atoms with Gasteiger partial charge in [-0.1, -0.05) is 12.1 Å². The molecule has 0 aliphatic heterocycles. The molecule has 104 valence electrons. The van der Waals surface area contributed by atoms with E-state index in [4.69, 9.17) is 4.74 Å². The minimum atomic E-state index is -0.246. The maximum absolute atomic E-state index is 12.1. The Bertz CT molecular complexity index is 591. The Balaban J connectivity index is 2.17. The maximum atomic E-state index is 12.1. The molecule has 2 aromatic carbocycles. The minimum Gasteiger partial charge on any atom is -0.508 e. The van der Waals surface area contributed by atoms with E-state index < -0.39 is 0 Å². The van der Waals surface area contributed by atoms with Gasteiger partial charge in [0.1, 0.15) is 11.5 Å². The lowest BCUT2D eigenvalue weighted by molar-refractivity contribution is 0.102. The van der Waals surface area contributed by atoms with E-state index in [2.05, 4.69) is 5.32 Å². The summed E-state index contributed by atoms with van der Waals surface area (Å²) < 4.78 is 5.65. The molecule has 4 nitrogen and oxygen atoms in total. The highest BCUT2D eigenvalue weighted by atomic mass is 16.5. The molecule has 0 spiro atoms. The van der Waals surface area contributed by atoms with Crippen LogP contribution in [0.4, 0.5) is 5.69 Å². The molecule has 2 N–H and O–H groups in total. The van der Waals surface area contributed by atoms with Crippen molar-refractivity contribution in [3.63, 3.8) is 0 Å². The molecule has 0 aliphatic carbocycles. The third-order valence-electron chi connectivity index (χ3n) is 2.63. The number of rotatable bonds is 4. The van der Waals surface area contributed by atoms with Crippen LogP contribution >= 0.6 is 0 Å². The number of amides is 1. The predicted octanol–water partition coefficient (Wildman–Crippen LogP) is 3.43. The minimum absolute atomic E-state index is 0.0294. The highest BCUT2D eigenvalue weighted by Gasteiger charge is 2.10. The van der Waals surface area contributed by atoms with Crippen LogP contribution in [0.2, 0.25) is 0 Å². The molecular formula is C16H17NO3. The summed E-state index contributed by atoms with van der Waals surface area (Å²) in [5.41, 5.74) is 1.10. The molecule has 0 radical (unpaired) electrons. The number of benzene rings is 2. The number of aromatic hydroxyl groups is 1. The Kier molecular flexibility index (Phi) is 4.25. The van der Waals surface area contributed by atoms with Gasteiger partial charge in [0.15, 0.2) is 0 Å². The largest absolute Gasteiger partial charge is 0.508 e. The number of phenols is 1. The van der Waals surface area contributed by atoms with Gasteiger partial charge in [0.25, 0.3) is 5.91 Å². The van der Waals surface area contributed by atoms with Crippen LogP contribution in [0.5, 0.6) is 11.5 Å². The van der Waals surface area contributed by atoms with Gasteiger partial charge in [0, 0.05) is 5.56 Å². The van der Waals surface area contributed by atoms with Crippen LogP contribution in [-0.2, 0) is 0 Å². The Hall–Kier alpha value is -2.49. The average Bonchev–Trinajstić information content (AvgIpc) is 2.41. The molecule has 0 unspecified atom stereocenters. The highest BCUT2D eigenvalue weighted by molar-refractivity contribution is 6.05. The predicted molar refractivity (Wildman–Crippen MR) is 78.3 cm³/mol. The average molecular weight is 271 g/mol. The van der Waals surface area contributed by atoms with Gasteiger partial charge in [-0.15, -0.1) is 0 Å². The first kappa shape index (κ1) is 13.9. The first-order chi connectivity index (χ1) is 9.56. The van der Waals surface area contributed by atoms with Crippen molar-refractivity contribution in [1.29, 1.82) is 0 Å². The summed E-state index contributed by atoms with van der Waals surface area (Å²) in [6.07, 6.45) is 0.0294. The van der Waals surface area contributed by atoms with Crippen LogP contribution in [0, 0.1) is 0 Å². The molecule has 0 saturated heterocycles. The van der Waals surface area contributed by atoms with E-state index in [0.29, 0.717) is 17.0 Å². The van der Waals surface area contributed by atoms with Crippen LogP contribution in [-0.4, -0.2) is 17.1 Å². The quantitative estimate of drug-likeness (QED) is 0.895. The van der Waals surface area contributed by atoms with Crippen molar-refractivity contribution in [3.8, 4) is 11.5 Å². The standard InChI is InChI=1S/C16H17NO3/c1-11(2)20-15-6-4-3-5-14(15)17-16(19)12-7-9-13(18)10-8-12/h3-11,18H,1-2H3,(H,17,19). The van der Waals surface area contributed by atoms with E-state index in [1.807, 2.05) is 32.0 Å². The Labute approximate surface area is 118 Å². The third-order valence-corrected chi connectivity index (χ3v) is 2.63. The van der Waals surface area contributed by atoms with Gasteiger partial charge in [-0.3, -0.25) is 4.79 Å². The van der Waals surface area contributed by atoms with E-state index in [0.717, 1.165) is 0 Å². The molecule has 2 rings (SSSR count). The zero-order chi connectivity index (χ0) is 14.5. The fourth-order valence-corrected chi connectivity index (χ4v) is 1.73. The number of hydrogen-bond donors (Lipinski definition) is 2. The van der Waals surface area contributed by atoms with E-state index in [-0.39, 0.29) is 17.8 Å². The van der Waals surface area contributed by atoms with Gasteiger partial charge >= 0.3 is 0 Å². The van der Waals surface area contributed by atoms with Crippen LogP contribution in [0.15, 0.2) is 48.5 Å². The van der Waals surface area contributed by atoms with Crippen molar-refractivity contribution >= 4 is 11.6 Å². The fraction of sp³-hybridized carbons (Fsp3) is 0.188. The topological polar surface area (TPSA) is 58.6 Å². The lowest BCUT2D eigenvalue weighted by Crippen LogP contribution is -2.14. The van der Waals surface area contributed by atoms with Gasteiger partial charge in [-0.2, -0.15) is 0 Å². The lowest BCUT2D eigenvalue weighted by atomic mass is 10.2. The third kappa shape index (κ3) is 3.51. The van der Waals surface area contributed by atoms with E-state index >= 15 is 0 Å². The summed E-state index contributed by atoms with van der Waals surface area (Å²) in [5.74, 6) is 0.518. The zero-order valence-corrected chi connectivity index (χ0v) is 11.5. The number of nitrogens with one attached hydrogen (secondary N) is 1. The number of phenolic OH excluding ortho intramolecular Hbond substituents is 1. The SMILES string of the molecule is CC(C)Oc1ccccc1NC(=O)c1ccc(O)cc1. The van der Waals surface area contributed by atoms with Crippen LogP contribution in [0.3, 0.4) is 0 Å². The Morgan fingerprint density at radius 2 is 1.75 bits per heavy atom. The second-order valence-corrected chi connectivity index (χ2v) is 4.66. The number of para-hydroxylation sites is 2. The molecular weight excluding hydrogens is 254 g/mol. The number of carbonyl (C=O) groups excluding carboxylic acids is 1. The monoisotopic (exact) mass is 271 g/mol. The summed E-state index contributed by atoms with van der Waals surface area (Å²) in [6.45, 7) is 3.86. The summed E-state index contributed by atoms with van der Waals surface area (Å²) in [6, 6.07) is 13.4. The van der Waals surface area contributed by atoms with E-state index in [1.54, 1.807) is 18.2 Å². The number of carbonyl (C=O) groups is 1. The van der Waals surface area contributed by atoms with Gasteiger partial charge in [0.2, 0.25) is 0 Å². The molecule has 0 aromatic heterocycles. The molecule has 2 aromatic rings. The normalized spacial score (nSPS) is 10.3. The van der Waals surface area contributed by atoms with Crippen molar-refractivity contribution in [2.24, 2.45) is 0 Å². The maximum Gasteiger partial charge on any atom is 0.255 e. The van der Waals surface area contributed by atoms with Crippen LogP contribution in [0.25, 0.3) is 0 Å². The van der Waals surface area contributed by atoms with Crippen LogP contribution in [0.1, 0.15) is 24.2 Å². The lowest BCUT2D eigenvalue weighted by Gasteiger charge is -2.14. The van der Waals surface area contributed by atoms with Gasteiger partial charge in [-0.25, -0.2) is 0 Å². The van der Waals surface area contributed by atoms with Crippen LogP contribution < -0.4 is 10.1 Å². The van der Waals surface area contributed by atoms with Crippen molar-refractivity contribution in [3.05, 3.63) is 54.1 Å². The Morgan fingerprint density at radius 3 is 2.40 bits per heavy atom. The van der Waals surface area contributed by atoms with Gasteiger partial charge < -0.3 is 15.2 Å². The summed E-state index contributed by atoms with van der Waals surface area (Å²) in [4.78, 5) is 12.1. The molecule has 0 bridgehead atoms. The molecule has 0 fully saturated rings. The second-order valence-electron chi connectivity index (χ2n) is 4.66. The Morgan fingerprint density at radius 1 is 1.10 bits per heavy atom. The van der Waals surface area contributed by atoms with Gasteiger partial charge in [-0.05, 0) is 50.2 Å². The highest BCUT2D eigenvalue weighted by Crippen LogP contribution is 2.25. The number of ether oxygens (including phenoxy) is 1. The molecule has 0 saturated carbocycles. The second kappa shape index (κ2) is 6.10.